The minimum absolute atomic E-state index is 0.0709. The molecule has 4 heteroatoms. The van der Waals surface area contributed by atoms with Crippen molar-refractivity contribution in [3.63, 3.8) is 0 Å². The number of nitrogen functional groups attached to an aromatic ring is 1. The van der Waals surface area contributed by atoms with Gasteiger partial charge < -0.3 is 15.4 Å². The molecule has 1 fully saturated rings. The Labute approximate surface area is 114 Å². The second kappa shape index (κ2) is 5.95. The number of nitrogens with zero attached hydrogens (tertiary/aromatic N) is 1. The Kier molecular flexibility index (Phi) is 4.30. The minimum atomic E-state index is -0.460. The van der Waals surface area contributed by atoms with Crippen molar-refractivity contribution >= 4 is 11.6 Å². The summed E-state index contributed by atoms with van der Waals surface area (Å²) < 4.78 is 5.77. The summed E-state index contributed by atoms with van der Waals surface area (Å²) >= 11 is 0. The molecule has 1 saturated heterocycles. The van der Waals surface area contributed by atoms with Gasteiger partial charge in [-0.3, -0.25) is 4.79 Å². The molecular formula is C15H22N2O2. The summed E-state index contributed by atoms with van der Waals surface area (Å²) in [4.78, 5) is 14.2. The normalized spacial score (nSPS) is 17.1. The minimum Gasteiger partial charge on any atom is -0.481 e. The maximum Gasteiger partial charge on any atom is 0.263 e. The van der Waals surface area contributed by atoms with Gasteiger partial charge in [-0.15, -0.1) is 0 Å². The number of carbonyl (C=O) groups is 1. The fraction of sp³-hybridized carbons (Fsp3) is 0.533. The summed E-state index contributed by atoms with van der Waals surface area (Å²) in [5.41, 5.74) is 7.42. The zero-order valence-electron chi connectivity index (χ0n) is 11.7. The van der Waals surface area contributed by atoms with Gasteiger partial charge in [0.2, 0.25) is 0 Å². The van der Waals surface area contributed by atoms with E-state index in [0.717, 1.165) is 31.5 Å². The fourth-order valence-electron chi connectivity index (χ4n) is 2.37. The topological polar surface area (TPSA) is 55.6 Å². The van der Waals surface area contributed by atoms with Crippen molar-refractivity contribution in [1.82, 2.24) is 4.90 Å². The Morgan fingerprint density at radius 2 is 2.00 bits per heavy atom. The van der Waals surface area contributed by atoms with E-state index in [0.29, 0.717) is 11.4 Å². The van der Waals surface area contributed by atoms with Gasteiger partial charge in [0.15, 0.2) is 6.10 Å². The van der Waals surface area contributed by atoms with E-state index in [9.17, 15) is 4.79 Å². The molecule has 1 aliphatic heterocycles. The number of piperidine rings is 1. The lowest BCUT2D eigenvalue weighted by atomic mass is 10.1. The molecule has 1 amide bonds. The van der Waals surface area contributed by atoms with Gasteiger partial charge in [-0.05, 0) is 45.2 Å². The van der Waals surface area contributed by atoms with Crippen LogP contribution in [0.4, 0.5) is 5.69 Å². The van der Waals surface area contributed by atoms with Crippen LogP contribution in [0.15, 0.2) is 18.2 Å². The summed E-state index contributed by atoms with van der Waals surface area (Å²) in [6.45, 7) is 5.41. The number of anilines is 1. The lowest BCUT2D eigenvalue weighted by Crippen LogP contribution is -2.43. The van der Waals surface area contributed by atoms with Gasteiger partial charge in [0, 0.05) is 24.3 Å². The van der Waals surface area contributed by atoms with Crippen LogP contribution >= 0.6 is 0 Å². The van der Waals surface area contributed by atoms with E-state index in [-0.39, 0.29) is 5.91 Å². The van der Waals surface area contributed by atoms with Gasteiger partial charge in [0.1, 0.15) is 5.75 Å². The first-order chi connectivity index (χ1) is 9.09. The molecule has 0 radical (unpaired) electrons. The number of benzene rings is 1. The highest BCUT2D eigenvalue weighted by atomic mass is 16.5. The monoisotopic (exact) mass is 262 g/mol. The molecule has 0 aromatic heterocycles. The van der Waals surface area contributed by atoms with Gasteiger partial charge in [0.05, 0.1) is 0 Å². The third kappa shape index (κ3) is 3.19. The van der Waals surface area contributed by atoms with Crippen LogP contribution in [0.5, 0.6) is 5.75 Å². The van der Waals surface area contributed by atoms with Crippen molar-refractivity contribution in [3.8, 4) is 5.75 Å². The largest absolute Gasteiger partial charge is 0.481 e. The van der Waals surface area contributed by atoms with Gasteiger partial charge in [0.25, 0.3) is 5.91 Å². The van der Waals surface area contributed by atoms with E-state index in [1.165, 1.54) is 6.42 Å². The van der Waals surface area contributed by atoms with Crippen LogP contribution in [-0.2, 0) is 4.79 Å². The highest BCUT2D eigenvalue weighted by molar-refractivity contribution is 5.81. The molecule has 1 aliphatic rings. The first kappa shape index (κ1) is 13.7. The first-order valence-corrected chi connectivity index (χ1v) is 6.90. The molecule has 4 nitrogen and oxygen atoms in total. The lowest BCUT2D eigenvalue weighted by molar-refractivity contribution is -0.138. The number of carbonyl (C=O) groups excluding carboxylic acids is 1. The Morgan fingerprint density at radius 1 is 1.32 bits per heavy atom. The smallest absolute Gasteiger partial charge is 0.263 e. The number of likely N-dealkylation sites (tertiary alicyclic amines) is 1. The van der Waals surface area contributed by atoms with E-state index in [1.807, 2.05) is 30.0 Å². The molecule has 19 heavy (non-hydrogen) atoms. The standard InChI is InChI=1S/C15H22N2O2/c1-11-13(16)7-6-8-14(11)19-12(2)15(18)17-9-4-3-5-10-17/h6-8,12H,3-5,9-10,16H2,1-2H3. The van der Waals surface area contributed by atoms with Gasteiger partial charge >= 0.3 is 0 Å². The molecule has 2 N–H and O–H groups in total. The van der Waals surface area contributed by atoms with Crippen molar-refractivity contribution in [2.24, 2.45) is 0 Å². The van der Waals surface area contributed by atoms with Crippen molar-refractivity contribution < 1.29 is 9.53 Å². The molecule has 1 aromatic carbocycles. The molecule has 1 heterocycles. The average Bonchev–Trinajstić information content (AvgIpc) is 2.44. The molecule has 2 rings (SSSR count). The van der Waals surface area contributed by atoms with E-state index >= 15 is 0 Å². The van der Waals surface area contributed by atoms with Gasteiger partial charge in [-0.1, -0.05) is 6.07 Å². The Balaban J connectivity index is 2.01. The van der Waals surface area contributed by atoms with E-state index in [4.69, 9.17) is 10.5 Å². The highest BCUT2D eigenvalue weighted by Gasteiger charge is 2.23. The number of rotatable bonds is 3. The van der Waals surface area contributed by atoms with Gasteiger partial charge in [-0.25, -0.2) is 0 Å². The molecule has 0 saturated carbocycles. The maximum absolute atomic E-state index is 12.3. The predicted molar refractivity (Wildman–Crippen MR) is 76.1 cm³/mol. The number of hydrogen-bond donors (Lipinski definition) is 1. The average molecular weight is 262 g/mol. The van der Waals surface area contributed by atoms with Crippen LogP contribution in [0, 0.1) is 6.92 Å². The van der Waals surface area contributed by atoms with Crippen LogP contribution in [0.1, 0.15) is 31.7 Å². The molecular weight excluding hydrogens is 240 g/mol. The van der Waals surface area contributed by atoms with Crippen LogP contribution in [0.2, 0.25) is 0 Å². The summed E-state index contributed by atoms with van der Waals surface area (Å²) in [5.74, 6) is 0.763. The molecule has 1 aromatic rings. The summed E-state index contributed by atoms with van der Waals surface area (Å²) in [5, 5.41) is 0. The quantitative estimate of drug-likeness (QED) is 0.851. The van der Waals surface area contributed by atoms with Crippen LogP contribution < -0.4 is 10.5 Å². The summed E-state index contributed by atoms with van der Waals surface area (Å²) in [6.07, 6.45) is 2.94. The number of ether oxygens (including phenoxy) is 1. The van der Waals surface area contributed by atoms with E-state index < -0.39 is 6.10 Å². The summed E-state index contributed by atoms with van der Waals surface area (Å²) in [6, 6.07) is 5.53. The maximum atomic E-state index is 12.3. The third-order valence-electron chi connectivity index (χ3n) is 3.65. The zero-order valence-corrected chi connectivity index (χ0v) is 11.7. The number of nitrogens with two attached hydrogens (primary N) is 1. The Hall–Kier alpha value is -1.71. The number of hydrogen-bond acceptors (Lipinski definition) is 3. The van der Waals surface area contributed by atoms with E-state index in [2.05, 4.69) is 0 Å². The lowest BCUT2D eigenvalue weighted by Gasteiger charge is -2.29. The molecule has 1 atom stereocenters. The molecule has 1 unspecified atom stereocenters. The number of amides is 1. The summed E-state index contributed by atoms with van der Waals surface area (Å²) in [7, 11) is 0. The van der Waals surface area contributed by atoms with Crippen molar-refractivity contribution in [2.45, 2.75) is 39.2 Å². The van der Waals surface area contributed by atoms with Gasteiger partial charge in [-0.2, -0.15) is 0 Å². The second-order valence-electron chi connectivity index (χ2n) is 5.12. The van der Waals surface area contributed by atoms with Crippen LogP contribution in [-0.4, -0.2) is 30.0 Å². The van der Waals surface area contributed by atoms with E-state index in [1.54, 1.807) is 6.92 Å². The molecule has 104 valence electrons. The zero-order chi connectivity index (χ0) is 13.8. The van der Waals surface area contributed by atoms with Crippen molar-refractivity contribution in [2.75, 3.05) is 18.8 Å². The SMILES string of the molecule is Cc1c(N)cccc1OC(C)C(=O)N1CCCCC1. The van der Waals surface area contributed by atoms with Crippen molar-refractivity contribution in [3.05, 3.63) is 23.8 Å². The Bertz CT molecular complexity index is 453. The molecule has 0 bridgehead atoms. The van der Waals surface area contributed by atoms with Crippen LogP contribution in [0.3, 0.4) is 0 Å². The first-order valence-electron chi connectivity index (χ1n) is 6.90. The highest BCUT2D eigenvalue weighted by Crippen LogP contribution is 2.24. The Morgan fingerprint density at radius 3 is 2.68 bits per heavy atom. The fourth-order valence-corrected chi connectivity index (χ4v) is 2.37. The molecule has 0 spiro atoms. The predicted octanol–water partition coefficient (Wildman–Crippen LogP) is 2.36. The third-order valence-corrected chi connectivity index (χ3v) is 3.65. The molecule has 0 aliphatic carbocycles. The van der Waals surface area contributed by atoms with Crippen LogP contribution in [0.25, 0.3) is 0 Å². The van der Waals surface area contributed by atoms with Crippen molar-refractivity contribution in [1.29, 1.82) is 0 Å². The second-order valence-corrected chi connectivity index (χ2v) is 5.12.